The van der Waals surface area contributed by atoms with Crippen molar-refractivity contribution in [2.45, 2.75) is 56.7 Å². The molecule has 0 aliphatic heterocycles. The molecule has 17 heteroatoms. The van der Waals surface area contributed by atoms with Crippen LogP contribution < -0.4 is 0 Å². The Labute approximate surface area is 177 Å². The minimum Gasteiger partial charge on any atom is -0.481 e. The lowest BCUT2D eigenvalue weighted by Gasteiger charge is -2.29. The Morgan fingerprint density at radius 3 is 1.65 bits per heavy atom. The smallest absolute Gasteiger partial charge is 0.369 e. The van der Waals surface area contributed by atoms with Gasteiger partial charge in [0.25, 0.3) is 5.08 Å². The fourth-order valence-electron chi connectivity index (χ4n) is 2.34. The Morgan fingerprint density at radius 1 is 0.839 bits per heavy atom. The summed E-state index contributed by atoms with van der Waals surface area (Å²) < 4.78 is 25.2. The Bertz CT molecular complexity index is 843. The summed E-state index contributed by atoms with van der Waals surface area (Å²) in [7, 11) is -10.7. The standard InChI is InChI=1S/C7H15N3O7P2.C7H11N3O2/c11-7(18(12,13)14,19(15,16)17)3-1-2-4-10-6-8-5-9-10;11-7(12)3-1-2-4-10-6-8-5-9-10/h5-6,11H,1-4H2,(H2,12,13,14)(H2,15,16,17);5-6H,1-4H2,(H,11,12). The highest BCUT2D eigenvalue weighted by Crippen LogP contribution is 2.69. The van der Waals surface area contributed by atoms with Gasteiger partial charge >= 0.3 is 21.2 Å². The van der Waals surface area contributed by atoms with Crippen LogP contribution in [-0.4, -0.2) is 70.4 Å². The number of hydrogen-bond acceptors (Lipinski definition) is 8. The molecular formula is C14H26N6O9P2. The Kier molecular flexibility index (Phi) is 10.6. The highest BCUT2D eigenvalue weighted by molar-refractivity contribution is 7.72. The lowest BCUT2D eigenvalue weighted by atomic mass is 10.2. The molecule has 0 aliphatic carbocycles. The molecule has 2 aromatic rings. The summed E-state index contributed by atoms with van der Waals surface area (Å²) in [6.07, 6.45) is 7.20. The van der Waals surface area contributed by atoms with E-state index in [1.165, 1.54) is 23.7 Å². The van der Waals surface area contributed by atoms with Gasteiger partial charge in [-0.2, -0.15) is 10.2 Å². The van der Waals surface area contributed by atoms with Crippen molar-refractivity contribution in [1.29, 1.82) is 0 Å². The van der Waals surface area contributed by atoms with Gasteiger partial charge in [-0.15, -0.1) is 0 Å². The van der Waals surface area contributed by atoms with Gasteiger partial charge in [0, 0.05) is 19.5 Å². The summed E-state index contributed by atoms with van der Waals surface area (Å²) in [6, 6.07) is 0. The fraction of sp³-hybridized carbons (Fsp3) is 0.643. The highest BCUT2D eigenvalue weighted by atomic mass is 31.2. The number of aryl methyl sites for hydroxylation is 2. The monoisotopic (exact) mass is 484 g/mol. The largest absolute Gasteiger partial charge is 0.481 e. The van der Waals surface area contributed by atoms with Crippen molar-refractivity contribution in [2.24, 2.45) is 0 Å². The third-order valence-electron chi connectivity index (χ3n) is 4.04. The van der Waals surface area contributed by atoms with Gasteiger partial charge in [-0.1, -0.05) is 0 Å². The van der Waals surface area contributed by atoms with Gasteiger partial charge in [0.2, 0.25) is 0 Å². The van der Waals surface area contributed by atoms with E-state index >= 15 is 0 Å². The van der Waals surface area contributed by atoms with Crippen LogP contribution in [0.5, 0.6) is 0 Å². The normalized spacial score (nSPS) is 12.3. The summed E-state index contributed by atoms with van der Waals surface area (Å²) in [4.78, 5) is 53.2. The predicted octanol–water partition coefficient (Wildman–Crippen LogP) is -0.0171. The molecule has 0 fully saturated rings. The molecule has 2 aromatic heterocycles. The molecule has 0 radical (unpaired) electrons. The third-order valence-corrected chi connectivity index (χ3v) is 7.92. The molecule has 0 bridgehead atoms. The van der Waals surface area contributed by atoms with Gasteiger partial charge in [0.1, 0.15) is 25.3 Å². The minimum absolute atomic E-state index is 0.00653. The van der Waals surface area contributed by atoms with E-state index in [1.807, 2.05) is 0 Å². The van der Waals surface area contributed by atoms with Gasteiger partial charge in [-0.3, -0.25) is 23.3 Å². The molecule has 0 amide bonds. The van der Waals surface area contributed by atoms with Crippen molar-refractivity contribution in [3.05, 3.63) is 25.3 Å². The SMILES string of the molecule is O=C(O)CCCCn1cncn1.O=P(O)(O)C(O)(CCCCn1cncn1)P(=O)(O)O. The zero-order valence-corrected chi connectivity index (χ0v) is 18.2. The fourth-order valence-corrected chi connectivity index (χ4v) is 4.60. The maximum Gasteiger partial charge on any atom is 0.369 e. The minimum atomic E-state index is -5.35. The number of carboxylic acids is 1. The Hall–Kier alpha value is -1.99. The topological polar surface area (TPSA) is 234 Å². The first-order valence-electron chi connectivity index (χ1n) is 9.07. The van der Waals surface area contributed by atoms with E-state index in [0.29, 0.717) is 19.4 Å². The molecule has 31 heavy (non-hydrogen) atoms. The van der Waals surface area contributed by atoms with Crippen LogP contribution in [0, 0.1) is 0 Å². The first-order valence-corrected chi connectivity index (χ1v) is 12.3. The van der Waals surface area contributed by atoms with E-state index in [-0.39, 0.29) is 12.8 Å². The molecule has 0 spiro atoms. The van der Waals surface area contributed by atoms with Crippen LogP contribution in [0.4, 0.5) is 0 Å². The molecule has 0 atom stereocenters. The van der Waals surface area contributed by atoms with Crippen LogP contribution >= 0.6 is 15.2 Å². The number of aromatic nitrogens is 6. The molecule has 176 valence electrons. The highest BCUT2D eigenvalue weighted by Gasteiger charge is 2.58. The second kappa shape index (κ2) is 12.2. The molecule has 15 nitrogen and oxygen atoms in total. The molecule has 0 saturated carbocycles. The van der Waals surface area contributed by atoms with E-state index in [1.54, 1.807) is 11.0 Å². The maximum atomic E-state index is 11.0. The summed E-state index contributed by atoms with van der Waals surface area (Å²) in [6.45, 7) is 1.10. The number of aliphatic carboxylic acids is 1. The molecule has 0 aliphatic rings. The third kappa shape index (κ3) is 9.35. The van der Waals surface area contributed by atoms with Crippen molar-refractivity contribution >= 4 is 21.2 Å². The number of hydrogen-bond donors (Lipinski definition) is 6. The summed E-state index contributed by atoms with van der Waals surface area (Å²) in [5.41, 5.74) is 0. The van der Waals surface area contributed by atoms with E-state index in [9.17, 15) is 19.0 Å². The van der Waals surface area contributed by atoms with Crippen LogP contribution in [0.2, 0.25) is 0 Å². The predicted molar refractivity (Wildman–Crippen MR) is 104 cm³/mol. The van der Waals surface area contributed by atoms with Crippen LogP contribution in [-0.2, 0) is 27.0 Å². The summed E-state index contributed by atoms with van der Waals surface area (Å²) in [5, 5.41) is 22.3. The molecule has 6 N–H and O–H groups in total. The van der Waals surface area contributed by atoms with Gasteiger partial charge in [0.05, 0.1) is 0 Å². The van der Waals surface area contributed by atoms with Gasteiger partial charge in [-0.05, 0) is 32.1 Å². The van der Waals surface area contributed by atoms with Gasteiger partial charge < -0.3 is 29.8 Å². The maximum absolute atomic E-state index is 11.0. The number of aliphatic hydroxyl groups is 1. The molecule has 0 saturated heterocycles. The van der Waals surface area contributed by atoms with Crippen LogP contribution in [0.15, 0.2) is 25.3 Å². The average Bonchev–Trinajstić information content (AvgIpc) is 3.34. The lowest BCUT2D eigenvalue weighted by Crippen LogP contribution is -2.28. The molecule has 2 heterocycles. The zero-order valence-electron chi connectivity index (χ0n) is 16.5. The second-order valence-corrected chi connectivity index (χ2v) is 10.5. The van der Waals surface area contributed by atoms with Crippen molar-refractivity contribution in [1.82, 2.24) is 29.5 Å². The molecular weight excluding hydrogens is 458 g/mol. The molecule has 0 aromatic carbocycles. The number of nitrogens with zero attached hydrogens (tertiary/aromatic N) is 6. The quantitative estimate of drug-likeness (QED) is 0.172. The number of carboxylic acid groups (broad SMARTS) is 1. The molecule has 2 rings (SSSR count). The van der Waals surface area contributed by atoms with Crippen molar-refractivity contribution in [2.75, 3.05) is 0 Å². The van der Waals surface area contributed by atoms with Crippen molar-refractivity contribution in [3.63, 3.8) is 0 Å². The van der Waals surface area contributed by atoms with E-state index in [4.69, 9.17) is 24.7 Å². The van der Waals surface area contributed by atoms with Crippen molar-refractivity contribution in [3.8, 4) is 0 Å². The Balaban J connectivity index is 0.000000343. The number of rotatable bonds is 12. The second-order valence-electron chi connectivity index (χ2n) is 6.49. The van der Waals surface area contributed by atoms with E-state index < -0.39 is 32.7 Å². The van der Waals surface area contributed by atoms with Crippen LogP contribution in [0.3, 0.4) is 0 Å². The van der Waals surface area contributed by atoms with Gasteiger partial charge in [-0.25, -0.2) is 9.97 Å². The summed E-state index contributed by atoms with van der Waals surface area (Å²) in [5.74, 6) is -0.742. The Morgan fingerprint density at radius 2 is 1.29 bits per heavy atom. The van der Waals surface area contributed by atoms with Gasteiger partial charge in [0.15, 0.2) is 0 Å². The van der Waals surface area contributed by atoms with Crippen LogP contribution in [0.1, 0.15) is 38.5 Å². The van der Waals surface area contributed by atoms with Crippen LogP contribution in [0.25, 0.3) is 0 Å². The zero-order chi connectivity index (χ0) is 23.5. The van der Waals surface area contributed by atoms with E-state index in [2.05, 4.69) is 20.2 Å². The first-order chi connectivity index (χ1) is 14.4. The first kappa shape index (κ1) is 27.0. The van der Waals surface area contributed by atoms with Crippen molar-refractivity contribution < 1.29 is 43.7 Å². The summed E-state index contributed by atoms with van der Waals surface area (Å²) >= 11 is 0. The lowest BCUT2D eigenvalue weighted by molar-refractivity contribution is -0.137. The van der Waals surface area contributed by atoms with E-state index in [0.717, 1.165) is 13.0 Å². The average molecular weight is 484 g/mol. The molecule has 0 unspecified atom stereocenters. The number of unbranched alkanes of at least 4 members (excludes halogenated alkanes) is 2. The number of carbonyl (C=O) groups is 1.